The summed E-state index contributed by atoms with van der Waals surface area (Å²) >= 11 is 0. The van der Waals surface area contributed by atoms with Crippen molar-refractivity contribution in [3.8, 4) is 0 Å². The molecule has 0 radical (unpaired) electrons. The predicted octanol–water partition coefficient (Wildman–Crippen LogP) is 9.79. The fraction of sp³-hybridized carbons (Fsp3) is 0.904. The van der Waals surface area contributed by atoms with Crippen LogP contribution >= 0.6 is 0 Å². The smallest absolute Gasteiger partial charge is 0.249 e. The summed E-state index contributed by atoms with van der Waals surface area (Å²) in [6, 6.07) is -1.20. The molecular formula is C52H99NO10. The van der Waals surface area contributed by atoms with Gasteiger partial charge in [0, 0.05) is 0 Å². The van der Waals surface area contributed by atoms with Crippen LogP contribution in [0.25, 0.3) is 0 Å². The second kappa shape index (κ2) is 42.0. The summed E-state index contributed by atoms with van der Waals surface area (Å²) in [4.78, 5) is 13.0. The minimum Gasteiger partial charge on any atom is -0.394 e. The number of hydrogen-bond donors (Lipinski definition) is 8. The van der Waals surface area contributed by atoms with Gasteiger partial charge in [-0.1, -0.05) is 199 Å². The van der Waals surface area contributed by atoms with Gasteiger partial charge in [0.05, 0.1) is 25.4 Å². The molecule has 1 saturated heterocycles. The Hall–Kier alpha value is -1.41. The number of hydrogen-bond acceptors (Lipinski definition) is 10. The van der Waals surface area contributed by atoms with E-state index < -0.39 is 74.2 Å². The first kappa shape index (κ1) is 59.6. The van der Waals surface area contributed by atoms with Crippen LogP contribution in [0.2, 0.25) is 0 Å². The third-order valence-electron chi connectivity index (χ3n) is 12.7. The monoisotopic (exact) mass is 898 g/mol. The number of aliphatic hydroxyl groups excluding tert-OH is 7. The van der Waals surface area contributed by atoms with Crippen molar-refractivity contribution in [2.75, 3.05) is 13.2 Å². The summed E-state index contributed by atoms with van der Waals surface area (Å²) in [6.45, 7) is 3.36. The summed E-state index contributed by atoms with van der Waals surface area (Å²) in [7, 11) is 0. The molecule has 372 valence electrons. The van der Waals surface area contributed by atoms with Gasteiger partial charge in [0.1, 0.15) is 36.6 Å². The lowest BCUT2D eigenvalue weighted by atomic mass is 9.99. The zero-order chi connectivity index (χ0) is 46.2. The molecule has 0 aromatic carbocycles. The number of ether oxygens (including phenoxy) is 2. The summed E-state index contributed by atoms with van der Waals surface area (Å²) in [5.41, 5.74) is 0. The van der Waals surface area contributed by atoms with Crippen LogP contribution < -0.4 is 5.32 Å². The second-order valence-electron chi connectivity index (χ2n) is 18.6. The van der Waals surface area contributed by atoms with Crippen LogP contribution in [-0.2, 0) is 14.3 Å². The molecule has 0 aromatic rings. The highest BCUT2D eigenvalue weighted by atomic mass is 16.7. The molecule has 0 saturated carbocycles. The molecule has 1 heterocycles. The van der Waals surface area contributed by atoms with E-state index in [0.717, 1.165) is 32.1 Å². The topological polar surface area (TPSA) is 189 Å². The second-order valence-corrected chi connectivity index (χ2v) is 18.6. The van der Waals surface area contributed by atoms with Gasteiger partial charge in [-0.2, -0.15) is 0 Å². The average molecular weight is 898 g/mol. The maximum absolute atomic E-state index is 13.0. The number of unbranched alkanes of at least 4 members (excludes halogenated alkanes) is 28. The highest BCUT2D eigenvalue weighted by molar-refractivity contribution is 5.80. The van der Waals surface area contributed by atoms with Crippen LogP contribution in [0.4, 0.5) is 0 Å². The Morgan fingerprint density at radius 2 is 0.937 bits per heavy atom. The van der Waals surface area contributed by atoms with Gasteiger partial charge < -0.3 is 50.5 Å². The lowest BCUT2D eigenvalue weighted by Crippen LogP contribution is -2.60. The minimum atomic E-state index is -1.67. The van der Waals surface area contributed by atoms with Gasteiger partial charge in [0.15, 0.2) is 6.29 Å². The van der Waals surface area contributed by atoms with Gasteiger partial charge in [-0.15, -0.1) is 0 Å². The van der Waals surface area contributed by atoms with Gasteiger partial charge in [0.2, 0.25) is 5.91 Å². The van der Waals surface area contributed by atoms with Crippen LogP contribution in [0.3, 0.4) is 0 Å². The number of carbonyl (C=O) groups excluding carboxylic acids is 1. The highest BCUT2D eigenvalue weighted by Crippen LogP contribution is 2.23. The lowest BCUT2D eigenvalue weighted by molar-refractivity contribution is -0.303. The first-order valence-electron chi connectivity index (χ1n) is 26.2. The van der Waals surface area contributed by atoms with Crippen molar-refractivity contribution < 1.29 is 50.0 Å². The van der Waals surface area contributed by atoms with Crippen molar-refractivity contribution >= 4 is 5.91 Å². The molecule has 9 atom stereocenters. The number of carbonyl (C=O) groups is 1. The number of allylic oxidation sites excluding steroid dienone is 4. The van der Waals surface area contributed by atoms with E-state index in [4.69, 9.17) is 9.47 Å². The zero-order valence-electron chi connectivity index (χ0n) is 40.3. The van der Waals surface area contributed by atoms with Crippen molar-refractivity contribution in [2.45, 2.75) is 287 Å². The van der Waals surface area contributed by atoms with Crippen LogP contribution in [0.15, 0.2) is 24.3 Å². The van der Waals surface area contributed by atoms with E-state index in [1.165, 1.54) is 161 Å². The molecule has 11 heteroatoms. The fourth-order valence-corrected chi connectivity index (χ4v) is 8.39. The number of amides is 1. The Morgan fingerprint density at radius 3 is 1.38 bits per heavy atom. The van der Waals surface area contributed by atoms with Gasteiger partial charge in [-0.25, -0.2) is 0 Å². The van der Waals surface area contributed by atoms with Crippen molar-refractivity contribution in [1.29, 1.82) is 0 Å². The van der Waals surface area contributed by atoms with E-state index in [2.05, 4.69) is 37.4 Å². The lowest BCUT2D eigenvalue weighted by Gasteiger charge is -2.40. The van der Waals surface area contributed by atoms with Gasteiger partial charge in [0.25, 0.3) is 0 Å². The van der Waals surface area contributed by atoms with Gasteiger partial charge in [-0.3, -0.25) is 4.79 Å². The van der Waals surface area contributed by atoms with Crippen LogP contribution in [-0.4, -0.2) is 110 Å². The Bertz CT molecular complexity index is 1080. The normalized spacial score (nSPS) is 21.3. The van der Waals surface area contributed by atoms with Crippen molar-refractivity contribution in [1.82, 2.24) is 5.32 Å². The van der Waals surface area contributed by atoms with E-state index in [0.29, 0.717) is 12.8 Å². The highest BCUT2D eigenvalue weighted by Gasteiger charge is 2.44. The quantitative estimate of drug-likeness (QED) is 0.0216. The molecule has 11 nitrogen and oxygen atoms in total. The molecule has 1 aliphatic rings. The first-order chi connectivity index (χ1) is 30.7. The molecule has 0 aromatic heterocycles. The standard InChI is InChI=1S/C52H99NO10/c1-3-5-7-9-11-13-14-15-16-17-18-19-20-21-22-23-24-25-26-27-28-29-30-31-32-34-35-37-39-44(55)47(57)43(42-62-52-50(60)49(59)48(58)46(41-54)63-52)53-51(61)45(56)40-38-36-33-12-10-8-6-4-2/h32-34,36,43-50,52,54-60H,3-31,35,37-42H2,1-2H3,(H,53,61)/b34-32+,36-33-. The van der Waals surface area contributed by atoms with E-state index in [-0.39, 0.29) is 12.8 Å². The average Bonchev–Trinajstić information content (AvgIpc) is 3.28. The number of rotatable bonds is 44. The summed E-state index contributed by atoms with van der Waals surface area (Å²) in [6.07, 6.45) is 37.2. The fourth-order valence-electron chi connectivity index (χ4n) is 8.39. The van der Waals surface area contributed by atoms with E-state index >= 15 is 0 Å². The van der Waals surface area contributed by atoms with Crippen molar-refractivity contribution in [2.24, 2.45) is 0 Å². The zero-order valence-corrected chi connectivity index (χ0v) is 40.3. The summed E-state index contributed by atoms with van der Waals surface area (Å²) in [5.74, 6) is -0.742. The Labute approximate surface area is 384 Å². The maximum Gasteiger partial charge on any atom is 0.249 e. The minimum absolute atomic E-state index is 0.169. The van der Waals surface area contributed by atoms with Crippen LogP contribution in [0.5, 0.6) is 0 Å². The van der Waals surface area contributed by atoms with Crippen molar-refractivity contribution in [3.05, 3.63) is 24.3 Å². The van der Waals surface area contributed by atoms with E-state index in [9.17, 15) is 40.5 Å². The van der Waals surface area contributed by atoms with Crippen LogP contribution in [0.1, 0.15) is 232 Å². The molecule has 0 spiro atoms. The molecule has 1 fully saturated rings. The molecular weight excluding hydrogens is 799 g/mol. The predicted molar refractivity (Wildman–Crippen MR) is 256 cm³/mol. The first-order valence-corrected chi connectivity index (χ1v) is 26.2. The molecule has 9 unspecified atom stereocenters. The SMILES string of the molecule is CCCCCC/C=C\CCC(O)C(=O)NC(COC1OC(CO)C(O)C(O)C1O)C(O)C(O)CCC/C=C/CCCCCCCCCCCCCCCCCCCCCCCCC. The molecule has 1 rings (SSSR count). The molecule has 1 amide bonds. The molecule has 8 N–H and O–H groups in total. The van der Waals surface area contributed by atoms with E-state index in [1.54, 1.807) is 0 Å². The number of nitrogens with one attached hydrogen (secondary N) is 1. The summed E-state index contributed by atoms with van der Waals surface area (Å²) < 4.78 is 11.0. The Balaban J connectivity index is 2.25. The Morgan fingerprint density at radius 1 is 0.540 bits per heavy atom. The number of aliphatic hydroxyl groups is 7. The van der Waals surface area contributed by atoms with E-state index in [1.807, 2.05) is 6.08 Å². The molecule has 0 bridgehead atoms. The van der Waals surface area contributed by atoms with Gasteiger partial charge in [-0.05, 0) is 57.8 Å². The molecule has 0 aliphatic carbocycles. The maximum atomic E-state index is 13.0. The molecule has 1 aliphatic heterocycles. The van der Waals surface area contributed by atoms with Gasteiger partial charge >= 0.3 is 0 Å². The summed E-state index contributed by atoms with van der Waals surface area (Å²) in [5, 5.41) is 75.5. The largest absolute Gasteiger partial charge is 0.394 e. The van der Waals surface area contributed by atoms with Crippen LogP contribution in [0, 0.1) is 0 Å². The third-order valence-corrected chi connectivity index (χ3v) is 12.7. The third kappa shape index (κ3) is 31.2. The molecule has 63 heavy (non-hydrogen) atoms. The Kier molecular flexibility index (Phi) is 39.7. The van der Waals surface area contributed by atoms with Crippen molar-refractivity contribution in [3.63, 3.8) is 0 Å².